The fourth-order valence-electron chi connectivity index (χ4n) is 2.54. The first kappa shape index (κ1) is 11.3. The molecule has 1 heteroatoms. The molecular weight excluding hydrogens is 196 g/mol. The van der Waals surface area contributed by atoms with Gasteiger partial charge in [0.1, 0.15) is 0 Å². The Hall–Kier alpha value is -1.24. The van der Waals surface area contributed by atoms with Crippen molar-refractivity contribution in [2.75, 3.05) is 0 Å². The zero-order chi connectivity index (χ0) is 11.5. The van der Waals surface area contributed by atoms with Gasteiger partial charge in [-0.05, 0) is 42.7 Å². The molecule has 1 aliphatic rings. The highest BCUT2D eigenvalue weighted by atomic mass is 16.3. The standard InChI is InChI=1S/C15H20O/c1-11(2)15-5-4-12(3)8-14(15)9-13-6-7-16-10-13/h6-8,10-11,15H,3-5,9H2,1-2H3. The molecule has 0 bridgehead atoms. The molecule has 0 amide bonds. The number of hydrogen-bond donors (Lipinski definition) is 0. The SMILES string of the molecule is C=C1C=C(Cc2ccoc2)C(C(C)C)CC1. The third-order valence-electron chi connectivity index (χ3n) is 3.44. The van der Waals surface area contributed by atoms with Gasteiger partial charge in [-0.25, -0.2) is 0 Å². The smallest absolute Gasteiger partial charge is 0.0937 e. The van der Waals surface area contributed by atoms with Crippen molar-refractivity contribution in [1.29, 1.82) is 0 Å². The number of hydrogen-bond acceptors (Lipinski definition) is 1. The Kier molecular flexibility index (Phi) is 3.33. The molecule has 16 heavy (non-hydrogen) atoms. The molecular formula is C15H20O. The van der Waals surface area contributed by atoms with E-state index < -0.39 is 0 Å². The van der Waals surface area contributed by atoms with E-state index >= 15 is 0 Å². The van der Waals surface area contributed by atoms with E-state index in [9.17, 15) is 0 Å². The first-order chi connectivity index (χ1) is 7.66. The van der Waals surface area contributed by atoms with Gasteiger partial charge in [0.25, 0.3) is 0 Å². The highest BCUT2D eigenvalue weighted by Gasteiger charge is 2.22. The van der Waals surface area contributed by atoms with Crippen LogP contribution in [0.4, 0.5) is 0 Å². The molecule has 1 aromatic heterocycles. The van der Waals surface area contributed by atoms with E-state index in [1.165, 1.54) is 23.1 Å². The van der Waals surface area contributed by atoms with Crippen molar-refractivity contribution >= 4 is 0 Å². The lowest BCUT2D eigenvalue weighted by molar-refractivity contribution is 0.400. The molecule has 1 heterocycles. The fourth-order valence-corrected chi connectivity index (χ4v) is 2.54. The van der Waals surface area contributed by atoms with E-state index in [4.69, 9.17) is 4.42 Å². The summed E-state index contributed by atoms with van der Waals surface area (Å²) in [5, 5.41) is 0. The van der Waals surface area contributed by atoms with Gasteiger partial charge in [-0.2, -0.15) is 0 Å². The van der Waals surface area contributed by atoms with Crippen LogP contribution in [0, 0.1) is 11.8 Å². The molecule has 0 N–H and O–H groups in total. The summed E-state index contributed by atoms with van der Waals surface area (Å²) in [6.07, 6.45) is 9.30. The van der Waals surface area contributed by atoms with Crippen LogP contribution in [0.15, 0.2) is 46.8 Å². The number of allylic oxidation sites excluding steroid dienone is 3. The van der Waals surface area contributed by atoms with Crippen molar-refractivity contribution in [3.8, 4) is 0 Å². The summed E-state index contributed by atoms with van der Waals surface area (Å²) >= 11 is 0. The summed E-state index contributed by atoms with van der Waals surface area (Å²) in [5.41, 5.74) is 4.06. The zero-order valence-electron chi connectivity index (χ0n) is 10.2. The molecule has 2 rings (SSSR count). The second-order valence-electron chi connectivity index (χ2n) is 5.08. The lowest BCUT2D eigenvalue weighted by Gasteiger charge is -2.28. The van der Waals surface area contributed by atoms with Crippen LogP contribution in [0.25, 0.3) is 0 Å². The largest absolute Gasteiger partial charge is 0.472 e. The van der Waals surface area contributed by atoms with E-state index in [-0.39, 0.29) is 0 Å². The summed E-state index contributed by atoms with van der Waals surface area (Å²) in [6, 6.07) is 2.05. The van der Waals surface area contributed by atoms with E-state index in [1.807, 2.05) is 6.26 Å². The van der Waals surface area contributed by atoms with Crippen molar-refractivity contribution in [1.82, 2.24) is 0 Å². The molecule has 0 aliphatic heterocycles. The minimum atomic E-state index is 0.709. The maximum Gasteiger partial charge on any atom is 0.0937 e. The van der Waals surface area contributed by atoms with E-state index in [1.54, 1.807) is 6.26 Å². The Balaban J connectivity index is 2.17. The van der Waals surface area contributed by atoms with Gasteiger partial charge < -0.3 is 4.42 Å². The van der Waals surface area contributed by atoms with Crippen LogP contribution in [0.5, 0.6) is 0 Å². The lowest BCUT2D eigenvalue weighted by Crippen LogP contribution is -2.17. The summed E-state index contributed by atoms with van der Waals surface area (Å²) < 4.78 is 5.13. The molecule has 1 atom stereocenters. The highest BCUT2D eigenvalue weighted by Crippen LogP contribution is 2.34. The minimum Gasteiger partial charge on any atom is -0.472 e. The molecule has 1 nitrogen and oxygen atoms in total. The normalized spacial score (nSPS) is 21.3. The Bertz CT molecular complexity index is 382. The highest BCUT2D eigenvalue weighted by molar-refractivity contribution is 5.30. The van der Waals surface area contributed by atoms with Crippen LogP contribution in [0.2, 0.25) is 0 Å². The van der Waals surface area contributed by atoms with Crippen LogP contribution < -0.4 is 0 Å². The summed E-state index contributed by atoms with van der Waals surface area (Å²) in [5.74, 6) is 1.42. The lowest BCUT2D eigenvalue weighted by atomic mass is 9.77. The van der Waals surface area contributed by atoms with E-state index in [2.05, 4.69) is 32.6 Å². The molecule has 1 aliphatic carbocycles. The van der Waals surface area contributed by atoms with Crippen molar-refractivity contribution in [2.45, 2.75) is 33.1 Å². The summed E-state index contributed by atoms with van der Waals surface area (Å²) in [7, 11) is 0. The maximum absolute atomic E-state index is 5.13. The van der Waals surface area contributed by atoms with Crippen molar-refractivity contribution in [2.24, 2.45) is 11.8 Å². The Labute approximate surface area is 97.9 Å². The van der Waals surface area contributed by atoms with Crippen LogP contribution in [-0.4, -0.2) is 0 Å². The van der Waals surface area contributed by atoms with Gasteiger partial charge in [-0.1, -0.05) is 37.6 Å². The number of furan rings is 1. The Morgan fingerprint density at radius 2 is 2.31 bits per heavy atom. The second kappa shape index (κ2) is 4.73. The predicted molar refractivity (Wildman–Crippen MR) is 67.2 cm³/mol. The predicted octanol–water partition coefficient (Wildman–Crippen LogP) is 4.37. The summed E-state index contributed by atoms with van der Waals surface area (Å²) in [6.45, 7) is 8.70. The summed E-state index contributed by atoms with van der Waals surface area (Å²) in [4.78, 5) is 0. The molecule has 1 aromatic rings. The Morgan fingerprint density at radius 1 is 1.50 bits per heavy atom. The van der Waals surface area contributed by atoms with Gasteiger partial charge in [0.05, 0.1) is 12.5 Å². The van der Waals surface area contributed by atoms with E-state index in [0.29, 0.717) is 11.8 Å². The van der Waals surface area contributed by atoms with Gasteiger partial charge in [0.2, 0.25) is 0 Å². The van der Waals surface area contributed by atoms with Crippen LogP contribution >= 0.6 is 0 Å². The third kappa shape index (κ3) is 2.46. The maximum atomic E-state index is 5.13. The van der Waals surface area contributed by atoms with Gasteiger partial charge >= 0.3 is 0 Å². The van der Waals surface area contributed by atoms with Crippen LogP contribution in [0.3, 0.4) is 0 Å². The third-order valence-corrected chi connectivity index (χ3v) is 3.44. The van der Waals surface area contributed by atoms with Crippen molar-refractivity contribution in [3.05, 3.63) is 48.0 Å². The first-order valence-electron chi connectivity index (χ1n) is 6.06. The molecule has 0 radical (unpaired) electrons. The molecule has 86 valence electrons. The fraction of sp³-hybridized carbons (Fsp3) is 0.467. The van der Waals surface area contributed by atoms with Gasteiger partial charge in [0, 0.05) is 0 Å². The van der Waals surface area contributed by atoms with Crippen molar-refractivity contribution < 1.29 is 4.42 Å². The zero-order valence-corrected chi connectivity index (χ0v) is 10.2. The van der Waals surface area contributed by atoms with Crippen molar-refractivity contribution in [3.63, 3.8) is 0 Å². The van der Waals surface area contributed by atoms with Gasteiger partial charge in [-0.15, -0.1) is 0 Å². The van der Waals surface area contributed by atoms with Crippen LogP contribution in [0.1, 0.15) is 32.3 Å². The first-order valence-corrected chi connectivity index (χ1v) is 6.06. The molecule has 1 unspecified atom stereocenters. The monoisotopic (exact) mass is 216 g/mol. The molecule has 0 saturated heterocycles. The van der Waals surface area contributed by atoms with Gasteiger partial charge in [-0.3, -0.25) is 0 Å². The minimum absolute atomic E-state index is 0.709. The van der Waals surface area contributed by atoms with E-state index in [0.717, 1.165) is 12.8 Å². The molecule has 0 spiro atoms. The number of rotatable bonds is 3. The second-order valence-corrected chi connectivity index (χ2v) is 5.08. The topological polar surface area (TPSA) is 13.1 Å². The van der Waals surface area contributed by atoms with Crippen LogP contribution in [-0.2, 0) is 6.42 Å². The molecule has 0 aromatic carbocycles. The Morgan fingerprint density at radius 3 is 2.94 bits per heavy atom. The quantitative estimate of drug-likeness (QED) is 0.731. The average Bonchev–Trinajstić information content (AvgIpc) is 2.70. The molecule has 0 fully saturated rings. The van der Waals surface area contributed by atoms with Gasteiger partial charge in [0.15, 0.2) is 0 Å². The molecule has 0 saturated carbocycles. The average molecular weight is 216 g/mol.